The van der Waals surface area contributed by atoms with E-state index in [1.54, 1.807) is 7.11 Å². The van der Waals surface area contributed by atoms with E-state index >= 15 is 0 Å². The molecule has 29 heavy (non-hydrogen) atoms. The lowest BCUT2D eigenvalue weighted by Crippen LogP contribution is -2.37. The van der Waals surface area contributed by atoms with Crippen LogP contribution in [0.4, 0.5) is 11.9 Å². The summed E-state index contributed by atoms with van der Waals surface area (Å²) in [6.07, 6.45) is 8.92. The molecule has 4 heterocycles. The lowest BCUT2D eigenvalue weighted by Gasteiger charge is -2.33. The molecular formula is C20H32N8O. The van der Waals surface area contributed by atoms with Gasteiger partial charge < -0.3 is 19.1 Å². The maximum absolute atomic E-state index is 5.42. The average Bonchev–Trinajstić information content (AvgIpc) is 3.09. The van der Waals surface area contributed by atoms with Crippen LogP contribution in [0.5, 0.6) is 6.01 Å². The number of ether oxygens (including phenoxy) is 1. The molecule has 0 saturated carbocycles. The fourth-order valence-corrected chi connectivity index (χ4v) is 4.29. The standard InChI is InChI=1S/C20H32N8O/c1-15(2)28-14-21-25-17(28)16-9-8-12-27(13-16)19-22-18(23-20(24-19)29-3)26-10-6-4-5-7-11-26/h14-16H,4-13H2,1-3H3. The second kappa shape index (κ2) is 8.92. The van der Waals surface area contributed by atoms with Crippen LogP contribution < -0.4 is 14.5 Å². The monoisotopic (exact) mass is 400 g/mol. The number of anilines is 2. The first-order valence-electron chi connectivity index (χ1n) is 10.8. The largest absolute Gasteiger partial charge is 0.467 e. The highest BCUT2D eigenvalue weighted by Crippen LogP contribution is 2.30. The number of piperidine rings is 1. The van der Waals surface area contributed by atoms with Crippen LogP contribution in [0.25, 0.3) is 0 Å². The van der Waals surface area contributed by atoms with E-state index in [1.807, 2.05) is 6.33 Å². The highest BCUT2D eigenvalue weighted by atomic mass is 16.5. The first-order valence-corrected chi connectivity index (χ1v) is 10.8. The van der Waals surface area contributed by atoms with Gasteiger partial charge in [-0.05, 0) is 39.5 Å². The predicted molar refractivity (Wildman–Crippen MR) is 112 cm³/mol. The van der Waals surface area contributed by atoms with Crippen LogP contribution in [0.3, 0.4) is 0 Å². The van der Waals surface area contributed by atoms with Crippen LogP contribution in [0, 0.1) is 0 Å². The second-order valence-corrected chi connectivity index (χ2v) is 8.30. The van der Waals surface area contributed by atoms with Gasteiger partial charge in [-0.1, -0.05) is 12.8 Å². The molecule has 9 nitrogen and oxygen atoms in total. The van der Waals surface area contributed by atoms with Crippen LogP contribution in [-0.4, -0.2) is 63.0 Å². The Morgan fingerprint density at radius 1 is 0.931 bits per heavy atom. The smallest absolute Gasteiger partial charge is 0.322 e. The molecule has 0 amide bonds. The molecule has 4 rings (SSSR count). The molecule has 2 fully saturated rings. The van der Waals surface area contributed by atoms with Crippen LogP contribution in [0.2, 0.25) is 0 Å². The lowest BCUT2D eigenvalue weighted by molar-refractivity contribution is 0.376. The van der Waals surface area contributed by atoms with Gasteiger partial charge in [-0.2, -0.15) is 15.0 Å². The van der Waals surface area contributed by atoms with Crippen molar-refractivity contribution in [2.75, 3.05) is 43.1 Å². The summed E-state index contributed by atoms with van der Waals surface area (Å²) in [5.74, 6) is 2.81. The Bertz CT molecular complexity index is 800. The van der Waals surface area contributed by atoms with E-state index < -0.39 is 0 Å². The van der Waals surface area contributed by atoms with Gasteiger partial charge in [0, 0.05) is 38.1 Å². The topological polar surface area (TPSA) is 85.1 Å². The summed E-state index contributed by atoms with van der Waals surface area (Å²) >= 11 is 0. The third-order valence-corrected chi connectivity index (χ3v) is 5.89. The number of nitrogens with zero attached hydrogens (tertiary/aromatic N) is 8. The maximum atomic E-state index is 5.42. The Balaban J connectivity index is 1.58. The molecule has 1 atom stereocenters. The zero-order chi connectivity index (χ0) is 20.2. The van der Waals surface area contributed by atoms with E-state index in [0.717, 1.165) is 50.8 Å². The van der Waals surface area contributed by atoms with Crippen LogP contribution in [0.15, 0.2) is 6.33 Å². The van der Waals surface area contributed by atoms with Crippen molar-refractivity contribution in [1.82, 2.24) is 29.7 Å². The highest BCUT2D eigenvalue weighted by Gasteiger charge is 2.28. The minimum Gasteiger partial charge on any atom is -0.467 e. The van der Waals surface area contributed by atoms with Crippen LogP contribution in [-0.2, 0) is 0 Å². The molecule has 0 bridgehead atoms. The van der Waals surface area contributed by atoms with Gasteiger partial charge in [-0.15, -0.1) is 10.2 Å². The second-order valence-electron chi connectivity index (χ2n) is 8.30. The molecule has 2 aromatic heterocycles. The fraction of sp³-hybridized carbons (Fsp3) is 0.750. The summed E-state index contributed by atoms with van der Waals surface area (Å²) < 4.78 is 7.59. The molecule has 0 aliphatic carbocycles. The summed E-state index contributed by atoms with van der Waals surface area (Å²) in [5, 5.41) is 8.58. The maximum Gasteiger partial charge on any atom is 0.322 e. The van der Waals surface area contributed by atoms with Crippen molar-refractivity contribution in [2.24, 2.45) is 0 Å². The molecule has 0 N–H and O–H groups in total. The highest BCUT2D eigenvalue weighted by molar-refractivity contribution is 5.41. The number of methoxy groups -OCH3 is 1. The Hall–Kier alpha value is -2.45. The van der Waals surface area contributed by atoms with Gasteiger partial charge in [-0.3, -0.25) is 0 Å². The van der Waals surface area contributed by atoms with Crippen molar-refractivity contribution < 1.29 is 4.74 Å². The normalized spacial score (nSPS) is 20.8. The van der Waals surface area contributed by atoms with E-state index in [9.17, 15) is 0 Å². The Morgan fingerprint density at radius 2 is 1.62 bits per heavy atom. The molecule has 158 valence electrons. The van der Waals surface area contributed by atoms with E-state index in [4.69, 9.17) is 9.72 Å². The molecular weight excluding hydrogens is 368 g/mol. The average molecular weight is 401 g/mol. The minimum atomic E-state index is 0.318. The first-order chi connectivity index (χ1) is 14.2. The van der Waals surface area contributed by atoms with Gasteiger partial charge in [0.1, 0.15) is 12.2 Å². The minimum absolute atomic E-state index is 0.318. The van der Waals surface area contributed by atoms with Crippen molar-refractivity contribution >= 4 is 11.9 Å². The molecule has 1 unspecified atom stereocenters. The lowest BCUT2D eigenvalue weighted by atomic mass is 9.97. The summed E-state index contributed by atoms with van der Waals surface area (Å²) in [6, 6.07) is 0.740. The molecule has 2 saturated heterocycles. The zero-order valence-electron chi connectivity index (χ0n) is 17.8. The number of hydrogen-bond acceptors (Lipinski definition) is 8. The summed E-state index contributed by atoms with van der Waals surface area (Å²) in [7, 11) is 1.62. The summed E-state index contributed by atoms with van der Waals surface area (Å²) in [6.45, 7) is 8.08. The quantitative estimate of drug-likeness (QED) is 0.757. The zero-order valence-corrected chi connectivity index (χ0v) is 17.8. The Kier molecular flexibility index (Phi) is 6.10. The van der Waals surface area contributed by atoms with Crippen molar-refractivity contribution in [3.05, 3.63) is 12.2 Å². The first kappa shape index (κ1) is 19.8. The molecule has 2 aliphatic rings. The van der Waals surface area contributed by atoms with Crippen molar-refractivity contribution in [3.8, 4) is 6.01 Å². The van der Waals surface area contributed by atoms with Crippen molar-refractivity contribution in [3.63, 3.8) is 0 Å². The molecule has 2 aromatic rings. The Labute approximate surface area is 172 Å². The Morgan fingerprint density at radius 3 is 2.31 bits per heavy atom. The van der Waals surface area contributed by atoms with Gasteiger partial charge in [-0.25, -0.2) is 0 Å². The number of hydrogen-bond donors (Lipinski definition) is 0. The summed E-state index contributed by atoms with van der Waals surface area (Å²) in [4.78, 5) is 18.5. The predicted octanol–water partition coefficient (Wildman–Crippen LogP) is 2.82. The third-order valence-electron chi connectivity index (χ3n) is 5.89. The molecule has 0 aromatic carbocycles. The van der Waals surface area contributed by atoms with E-state index in [0.29, 0.717) is 23.9 Å². The molecule has 0 spiro atoms. The third kappa shape index (κ3) is 4.43. The van der Waals surface area contributed by atoms with Gasteiger partial charge >= 0.3 is 6.01 Å². The van der Waals surface area contributed by atoms with Crippen molar-refractivity contribution in [2.45, 2.75) is 64.3 Å². The number of rotatable bonds is 5. The fourth-order valence-electron chi connectivity index (χ4n) is 4.29. The van der Waals surface area contributed by atoms with Crippen LogP contribution in [0.1, 0.15) is 70.2 Å². The van der Waals surface area contributed by atoms with Crippen molar-refractivity contribution in [1.29, 1.82) is 0 Å². The summed E-state index contributed by atoms with van der Waals surface area (Å²) in [5.41, 5.74) is 0. The number of aromatic nitrogens is 6. The SMILES string of the molecule is COc1nc(N2CCCCCC2)nc(N2CCCC(c3nncn3C(C)C)C2)n1. The molecule has 9 heteroatoms. The van der Waals surface area contributed by atoms with E-state index in [1.165, 1.54) is 25.7 Å². The van der Waals surface area contributed by atoms with Gasteiger partial charge in [0.2, 0.25) is 11.9 Å². The molecule has 2 aliphatic heterocycles. The van der Waals surface area contributed by atoms with Gasteiger partial charge in [0.15, 0.2) is 0 Å². The van der Waals surface area contributed by atoms with Gasteiger partial charge in [0.05, 0.1) is 7.11 Å². The van der Waals surface area contributed by atoms with Gasteiger partial charge in [0.25, 0.3) is 0 Å². The van der Waals surface area contributed by atoms with Crippen LogP contribution >= 0.6 is 0 Å². The van der Waals surface area contributed by atoms with E-state index in [-0.39, 0.29) is 0 Å². The van der Waals surface area contributed by atoms with E-state index in [2.05, 4.69) is 48.4 Å². The molecule has 0 radical (unpaired) electrons.